The molecule has 0 aromatic heterocycles. The Balaban J connectivity index is 2.38. The maximum absolute atomic E-state index is 3.83. The van der Waals surface area contributed by atoms with E-state index in [0.717, 1.165) is 9.84 Å². The summed E-state index contributed by atoms with van der Waals surface area (Å²) in [5.74, 6) is 0.805. The summed E-state index contributed by atoms with van der Waals surface area (Å²) in [6, 6.07) is 0. The van der Waals surface area contributed by atoms with Crippen molar-refractivity contribution in [2.24, 2.45) is 5.92 Å². The van der Waals surface area contributed by atoms with Crippen LogP contribution in [0, 0.1) is 5.92 Å². The van der Waals surface area contributed by atoms with Crippen molar-refractivity contribution in [3.63, 3.8) is 0 Å². The van der Waals surface area contributed by atoms with E-state index in [-0.39, 0.29) is 0 Å². The van der Waals surface area contributed by atoms with E-state index >= 15 is 0 Å². The van der Waals surface area contributed by atoms with Gasteiger partial charge in [-0.05, 0) is 18.8 Å². The van der Waals surface area contributed by atoms with Crippen LogP contribution in [0.15, 0.2) is 12.7 Å². The van der Waals surface area contributed by atoms with Gasteiger partial charge in [-0.1, -0.05) is 41.5 Å². The van der Waals surface area contributed by atoms with Crippen LogP contribution in [-0.2, 0) is 0 Å². The number of halogens is 1. The van der Waals surface area contributed by atoms with Gasteiger partial charge < -0.3 is 0 Å². The van der Waals surface area contributed by atoms with E-state index in [0.29, 0.717) is 0 Å². The highest BCUT2D eigenvalue weighted by Gasteiger charge is 2.18. The average molecular weight is 236 g/mol. The van der Waals surface area contributed by atoms with Crippen molar-refractivity contribution in [3.8, 4) is 0 Å². The van der Waals surface area contributed by atoms with Crippen LogP contribution in [0.1, 0.15) is 25.7 Å². The Morgan fingerprint density at radius 1 is 1.33 bits per heavy atom. The topological polar surface area (TPSA) is 0 Å². The predicted molar refractivity (Wildman–Crippen MR) is 50.0 cm³/mol. The molecule has 0 nitrogen and oxygen atoms in total. The minimum absolute atomic E-state index is 0.805. The van der Waals surface area contributed by atoms with Crippen molar-refractivity contribution in [3.05, 3.63) is 12.7 Å². The Labute approximate surface area is 70.9 Å². The summed E-state index contributed by atoms with van der Waals surface area (Å²) in [5.41, 5.74) is 0. The molecule has 1 rings (SSSR count). The van der Waals surface area contributed by atoms with Crippen LogP contribution in [0.3, 0.4) is 0 Å². The molecule has 0 aromatic rings. The molecule has 1 saturated carbocycles. The lowest BCUT2D eigenvalue weighted by atomic mass is 9.89. The third-order valence-corrected chi connectivity index (χ3v) is 3.58. The zero-order valence-electron chi connectivity index (χ0n) is 5.65. The second-order valence-corrected chi connectivity index (χ2v) is 4.30. The van der Waals surface area contributed by atoms with Crippen LogP contribution in [0.4, 0.5) is 0 Å². The molecule has 0 heterocycles. The van der Waals surface area contributed by atoms with Crippen LogP contribution in [0.25, 0.3) is 0 Å². The fourth-order valence-corrected chi connectivity index (χ4v) is 2.47. The number of hydrogen-bond donors (Lipinski definition) is 0. The van der Waals surface area contributed by atoms with Gasteiger partial charge in [-0.2, -0.15) is 0 Å². The van der Waals surface area contributed by atoms with Gasteiger partial charge in [0.25, 0.3) is 0 Å². The van der Waals surface area contributed by atoms with Crippen molar-refractivity contribution in [1.82, 2.24) is 0 Å². The van der Waals surface area contributed by atoms with Crippen LogP contribution in [0.5, 0.6) is 0 Å². The largest absolute Gasteiger partial charge is 0.103 e. The molecule has 1 aliphatic carbocycles. The van der Waals surface area contributed by atoms with Crippen molar-refractivity contribution in [2.75, 3.05) is 0 Å². The Hall–Kier alpha value is 0.470. The monoisotopic (exact) mass is 236 g/mol. The molecule has 0 amide bonds. The second kappa shape index (κ2) is 3.59. The molecule has 0 bridgehead atoms. The van der Waals surface area contributed by atoms with Gasteiger partial charge in [0, 0.05) is 3.92 Å². The van der Waals surface area contributed by atoms with Crippen molar-refractivity contribution in [1.29, 1.82) is 0 Å². The molecule has 1 heteroatoms. The molecule has 0 aliphatic heterocycles. The normalized spacial score (nSPS) is 36.1. The summed E-state index contributed by atoms with van der Waals surface area (Å²) in [6.07, 6.45) is 7.73. The first-order valence-corrected chi connectivity index (χ1v) is 4.86. The Bertz CT molecular complexity index is 98.7. The molecule has 0 radical (unpaired) electrons. The third kappa shape index (κ3) is 1.95. The number of allylic oxidation sites excluding steroid dienone is 1. The van der Waals surface area contributed by atoms with Gasteiger partial charge in [-0.15, -0.1) is 6.58 Å². The second-order valence-electron chi connectivity index (χ2n) is 2.70. The molecule has 52 valence electrons. The van der Waals surface area contributed by atoms with E-state index in [9.17, 15) is 0 Å². The van der Waals surface area contributed by atoms with Gasteiger partial charge in [0.1, 0.15) is 0 Å². The summed E-state index contributed by atoms with van der Waals surface area (Å²) in [7, 11) is 0. The molecule has 1 aliphatic rings. The number of hydrogen-bond acceptors (Lipinski definition) is 0. The van der Waals surface area contributed by atoms with E-state index in [1.807, 2.05) is 0 Å². The van der Waals surface area contributed by atoms with Crippen LogP contribution in [0.2, 0.25) is 0 Å². The Morgan fingerprint density at radius 2 is 2.00 bits per heavy atom. The molecular weight excluding hydrogens is 223 g/mol. The third-order valence-electron chi connectivity index (χ3n) is 2.03. The van der Waals surface area contributed by atoms with Crippen molar-refractivity contribution >= 4 is 22.6 Å². The van der Waals surface area contributed by atoms with E-state index in [1.165, 1.54) is 25.7 Å². The lowest BCUT2D eigenvalue weighted by Crippen LogP contribution is -2.16. The maximum Gasteiger partial charge on any atom is 0.0172 e. The van der Waals surface area contributed by atoms with Gasteiger partial charge in [0.2, 0.25) is 0 Å². The molecule has 1 fully saturated rings. The van der Waals surface area contributed by atoms with Gasteiger partial charge >= 0.3 is 0 Å². The van der Waals surface area contributed by atoms with Gasteiger partial charge in [0.15, 0.2) is 0 Å². The minimum Gasteiger partial charge on any atom is -0.103 e. The maximum atomic E-state index is 3.83. The smallest absolute Gasteiger partial charge is 0.0172 e. The molecule has 0 aromatic carbocycles. The van der Waals surface area contributed by atoms with Crippen LogP contribution < -0.4 is 0 Å². The molecule has 2 atom stereocenters. The highest BCUT2D eigenvalue weighted by Crippen LogP contribution is 2.30. The summed E-state index contributed by atoms with van der Waals surface area (Å²) >= 11 is 2.55. The molecular formula is C8H13I. The molecule has 0 unspecified atom stereocenters. The van der Waals surface area contributed by atoms with E-state index in [1.54, 1.807) is 0 Å². The average Bonchev–Trinajstić information content (AvgIpc) is 1.89. The van der Waals surface area contributed by atoms with E-state index in [4.69, 9.17) is 0 Å². The zero-order chi connectivity index (χ0) is 6.69. The minimum atomic E-state index is 0.805. The fraction of sp³-hybridized carbons (Fsp3) is 0.750. The molecule has 0 saturated heterocycles. The SMILES string of the molecule is C=C[C@H]1CCCC[C@@H]1I. The zero-order valence-corrected chi connectivity index (χ0v) is 7.80. The Kier molecular flexibility index (Phi) is 3.02. The first kappa shape index (κ1) is 7.58. The van der Waals surface area contributed by atoms with Gasteiger partial charge in [-0.25, -0.2) is 0 Å². The first-order chi connectivity index (χ1) is 4.34. The van der Waals surface area contributed by atoms with Gasteiger partial charge in [-0.3, -0.25) is 0 Å². The van der Waals surface area contributed by atoms with Crippen LogP contribution >= 0.6 is 22.6 Å². The first-order valence-electron chi connectivity index (χ1n) is 3.61. The van der Waals surface area contributed by atoms with Crippen molar-refractivity contribution in [2.45, 2.75) is 29.6 Å². The fourth-order valence-electron chi connectivity index (χ4n) is 1.38. The predicted octanol–water partition coefficient (Wildman–Crippen LogP) is 3.17. The highest BCUT2D eigenvalue weighted by molar-refractivity contribution is 14.1. The van der Waals surface area contributed by atoms with E-state index in [2.05, 4.69) is 35.2 Å². The quantitative estimate of drug-likeness (QED) is 0.372. The summed E-state index contributed by atoms with van der Waals surface area (Å²) in [6.45, 7) is 3.83. The lowest BCUT2D eigenvalue weighted by molar-refractivity contribution is 0.444. The number of rotatable bonds is 1. The highest BCUT2D eigenvalue weighted by atomic mass is 127. The van der Waals surface area contributed by atoms with Crippen molar-refractivity contribution < 1.29 is 0 Å². The van der Waals surface area contributed by atoms with Crippen LogP contribution in [-0.4, -0.2) is 3.92 Å². The number of alkyl halides is 1. The summed E-state index contributed by atoms with van der Waals surface area (Å²) < 4.78 is 0.869. The summed E-state index contributed by atoms with van der Waals surface area (Å²) in [5, 5.41) is 0. The summed E-state index contributed by atoms with van der Waals surface area (Å²) in [4.78, 5) is 0. The standard InChI is InChI=1S/C8H13I/c1-2-7-5-3-4-6-8(7)9/h2,7-8H,1,3-6H2/t7-,8-/m0/s1. The lowest BCUT2D eigenvalue weighted by Gasteiger charge is -2.23. The van der Waals surface area contributed by atoms with Gasteiger partial charge in [0.05, 0.1) is 0 Å². The molecule has 0 N–H and O–H groups in total. The Morgan fingerprint density at radius 3 is 2.44 bits per heavy atom. The molecule has 0 spiro atoms. The molecule has 9 heavy (non-hydrogen) atoms. The van der Waals surface area contributed by atoms with E-state index < -0.39 is 0 Å².